The second kappa shape index (κ2) is 11.0. The van der Waals surface area contributed by atoms with E-state index in [1.54, 1.807) is 7.11 Å². The van der Waals surface area contributed by atoms with Gasteiger partial charge in [-0.25, -0.2) is 9.97 Å². The maximum absolute atomic E-state index is 5.59. The van der Waals surface area contributed by atoms with Gasteiger partial charge in [-0.1, -0.05) is 0 Å². The third-order valence-electron chi connectivity index (χ3n) is 3.74. The van der Waals surface area contributed by atoms with Crippen molar-refractivity contribution < 1.29 is 9.47 Å². The van der Waals surface area contributed by atoms with Crippen molar-refractivity contribution in [2.24, 2.45) is 4.99 Å². The van der Waals surface area contributed by atoms with Crippen molar-refractivity contribution in [3.63, 3.8) is 0 Å². The molecular weight excluding hydrogens is 352 g/mol. The maximum Gasteiger partial charge on any atom is 0.229 e. The van der Waals surface area contributed by atoms with Gasteiger partial charge in [-0.2, -0.15) is 0 Å². The van der Waals surface area contributed by atoms with Crippen LogP contribution >= 0.6 is 12.2 Å². The minimum atomic E-state index is 0.215. The molecule has 1 aromatic rings. The molecular formula is C17H28N6O2S. The molecule has 26 heavy (non-hydrogen) atoms. The Morgan fingerprint density at radius 3 is 2.81 bits per heavy atom. The molecule has 8 nitrogen and oxygen atoms in total. The van der Waals surface area contributed by atoms with Crippen LogP contribution in [0.25, 0.3) is 0 Å². The zero-order valence-corrected chi connectivity index (χ0v) is 16.5. The lowest BCUT2D eigenvalue weighted by molar-refractivity contribution is 0.114. The van der Waals surface area contributed by atoms with E-state index in [1.165, 1.54) is 0 Å². The molecule has 2 heterocycles. The van der Waals surface area contributed by atoms with Gasteiger partial charge >= 0.3 is 0 Å². The third-order valence-corrected chi connectivity index (χ3v) is 3.98. The van der Waals surface area contributed by atoms with Crippen molar-refractivity contribution in [2.45, 2.75) is 39.2 Å². The van der Waals surface area contributed by atoms with Gasteiger partial charge in [-0.05, 0) is 51.4 Å². The lowest BCUT2D eigenvalue weighted by atomic mass is 10.2. The topological polar surface area (TPSA) is 92.7 Å². The molecule has 2 rings (SSSR count). The largest absolute Gasteiger partial charge is 0.385 e. The molecule has 0 radical (unpaired) electrons. The van der Waals surface area contributed by atoms with Gasteiger partial charge in [-0.15, -0.1) is 0 Å². The van der Waals surface area contributed by atoms with E-state index in [0.29, 0.717) is 36.7 Å². The van der Waals surface area contributed by atoms with E-state index in [-0.39, 0.29) is 6.10 Å². The quantitative estimate of drug-likeness (QED) is 0.284. The predicted octanol–water partition coefficient (Wildman–Crippen LogP) is 1.54. The fraction of sp³-hybridized carbons (Fsp3) is 0.647. The zero-order valence-electron chi connectivity index (χ0n) is 15.7. The molecule has 9 heteroatoms. The molecule has 0 spiro atoms. The second-order valence-electron chi connectivity index (χ2n) is 6.15. The number of aromatic nitrogens is 2. The summed E-state index contributed by atoms with van der Waals surface area (Å²) < 4.78 is 10.7. The molecule has 3 N–H and O–H groups in total. The van der Waals surface area contributed by atoms with E-state index in [4.69, 9.17) is 21.7 Å². The zero-order chi connectivity index (χ0) is 18.8. The van der Waals surface area contributed by atoms with Crippen LogP contribution in [0.4, 0.5) is 5.95 Å². The molecule has 0 bridgehead atoms. The van der Waals surface area contributed by atoms with Crippen molar-refractivity contribution in [3.8, 4) is 0 Å². The average molecular weight is 381 g/mol. The van der Waals surface area contributed by atoms with Crippen molar-refractivity contribution in [2.75, 3.05) is 38.7 Å². The van der Waals surface area contributed by atoms with Crippen LogP contribution in [0.5, 0.6) is 0 Å². The Kier molecular flexibility index (Phi) is 8.66. The molecule has 1 aromatic heterocycles. The van der Waals surface area contributed by atoms with Crippen molar-refractivity contribution in [1.29, 1.82) is 0 Å². The van der Waals surface area contributed by atoms with Crippen LogP contribution in [-0.4, -0.2) is 60.6 Å². The number of hydrogen-bond acceptors (Lipinski definition) is 6. The highest BCUT2D eigenvalue weighted by atomic mass is 32.1. The van der Waals surface area contributed by atoms with Gasteiger partial charge in [0.25, 0.3) is 0 Å². The Labute approximate surface area is 160 Å². The number of nitrogens with zero attached hydrogens (tertiary/aromatic N) is 3. The molecule has 1 aliphatic rings. The number of thiocarbonyl (C=S) groups is 1. The minimum Gasteiger partial charge on any atom is -0.385 e. The van der Waals surface area contributed by atoms with E-state index in [0.717, 1.165) is 37.3 Å². The van der Waals surface area contributed by atoms with E-state index in [9.17, 15) is 0 Å². The highest BCUT2D eigenvalue weighted by Crippen LogP contribution is 2.10. The van der Waals surface area contributed by atoms with Crippen LogP contribution in [-0.2, 0) is 9.47 Å². The van der Waals surface area contributed by atoms with Crippen LogP contribution < -0.4 is 16.0 Å². The standard InChI is InChI=1S/C17H28N6O2S/c1-12-10-13(2)21-16(20-12)22-15(18-7-5-8-24-3)23-17(26)19-11-14-6-4-9-25-14/h10,14H,4-9,11H2,1-3H3,(H3,18,19,20,21,22,23,26). The van der Waals surface area contributed by atoms with Gasteiger partial charge in [0, 0.05) is 44.8 Å². The number of aryl methyl sites for hydroxylation is 2. The molecule has 0 saturated carbocycles. The number of methoxy groups -OCH3 is 1. The second-order valence-corrected chi connectivity index (χ2v) is 6.55. The molecule has 1 fully saturated rings. The summed E-state index contributed by atoms with van der Waals surface area (Å²) in [5, 5.41) is 9.86. The van der Waals surface area contributed by atoms with E-state index in [2.05, 4.69) is 30.9 Å². The Morgan fingerprint density at radius 2 is 2.15 bits per heavy atom. The van der Waals surface area contributed by atoms with Crippen LogP contribution in [0, 0.1) is 13.8 Å². The average Bonchev–Trinajstić information content (AvgIpc) is 3.09. The molecule has 1 atom stereocenters. The van der Waals surface area contributed by atoms with E-state index >= 15 is 0 Å². The molecule has 1 saturated heterocycles. The highest BCUT2D eigenvalue weighted by Gasteiger charge is 2.15. The molecule has 144 valence electrons. The number of nitrogens with one attached hydrogen (secondary N) is 3. The van der Waals surface area contributed by atoms with Crippen molar-refractivity contribution in [1.82, 2.24) is 20.6 Å². The smallest absolute Gasteiger partial charge is 0.229 e. The Hall–Kier alpha value is -1.84. The molecule has 0 aromatic carbocycles. The first-order valence-electron chi connectivity index (χ1n) is 8.86. The van der Waals surface area contributed by atoms with Gasteiger partial charge < -0.3 is 20.1 Å². The Bertz CT molecular complexity index is 599. The summed E-state index contributed by atoms with van der Waals surface area (Å²) >= 11 is 5.37. The van der Waals surface area contributed by atoms with Crippen molar-refractivity contribution in [3.05, 3.63) is 17.5 Å². The highest BCUT2D eigenvalue weighted by molar-refractivity contribution is 7.80. The summed E-state index contributed by atoms with van der Waals surface area (Å²) in [5.74, 6) is 0.998. The number of anilines is 1. The van der Waals surface area contributed by atoms with Crippen LogP contribution in [0.1, 0.15) is 30.7 Å². The number of guanidine groups is 1. The van der Waals surface area contributed by atoms with Crippen molar-refractivity contribution >= 4 is 29.2 Å². The lowest BCUT2D eigenvalue weighted by Gasteiger charge is -2.16. The summed E-state index contributed by atoms with van der Waals surface area (Å²) in [5.41, 5.74) is 1.77. The molecule has 0 amide bonds. The molecule has 0 aliphatic carbocycles. The van der Waals surface area contributed by atoms with Crippen LogP contribution in [0.2, 0.25) is 0 Å². The SMILES string of the molecule is COCCCN=C(NC(=S)NCC1CCCO1)Nc1nc(C)cc(C)n1. The Balaban J connectivity index is 1.94. The Morgan fingerprint density at radius 1 is 1.38 bits per heavy atom. The van der Waals surface area contributed by atoms with Gasteiger partial charge in [0.1, 0.15) is 0 Å². The minimum absolute atomic E-state index is 0.215. The van der Waals surface area contributed by atoms with Gasteiger partial charge in [-0.3, -0.25) is 10.3 Å². The van der Waals surface area contributed by atoms with E-state index < -0.39 is 0 Å². The summed E-state index contributed by atoms with van der Waals surface area (Å²) in [7, 11) is 1.68. The number of aliphatic imine (C=N–C) groups is 1. The number of rotatable bonds is 7. The molecule has 1 aliphatic heterocycles. The van der Waals surface area contributed by atoms with Gasteiger partial charge in [0.05, 0.1) is 6.10 Å². The first-order valence-corrected chi connectivity index (χ1v) is 9.27. The number of hydrogen-bond donors (Lipinski definition) is 3. The van der Waals surface area contributed by atoms with Crippen LogP contribution in [0.15, 0.2) is 11.1 Å². The van der Waals surface area contributed by atoms with Gasteiger partial charge in [0.2, 0.25) is 11.9 Å². The molecule has 1 unspecified atom stereocenters. The summed E-state index contributed by atoms with van der Waals surface area (Å²) in [4.78, 5) is 13.3. The van der Waals surface area contributed by atoms with Crippen LogP contribution in [0.3, 0.4) is 0 Å². The summed E-state index contributed by atoms with van der Waals surface area (Å²) in [6, 6.07) is 1.92. The first kappa shape index (κ1) is 20.5. The van der Waals surface area contributed by atoms with E-state index in [1.807, 2.05) is 19.9 Å². The maximum atomic E-state index is 5.59. The first-order chi connectivity index (χ1) is 12.6. The fourth-order valence-corrected chi connectivity index (χ4v) is 2.74. The predicted molar refractivity (Wildman–Crippen MR) is 107 cm³/mol. The summed E-state index contributed by atoms with van der Waals surface area (Å²) in [6.07, 6.45) is 3.19. The summed E-state index contributed by atoms with van der Waals surface area (Å²) in [6.45, 7) is 6.61. The fourth-order valence-electron chi connectivity index (χ4n) is 2.56. The number of ether oxygens (including phenoxy) is 2. The normalized spacial score (nSPS) is 17.2. The monoisotopic (exact) mass is 380 g/mol. The third kappa shape index (κ3) is 7.59. The lowest BCUT2D eigenvalue weighted by Crippen LogP contribution is -2.45. The van der Waals surface area contributed by atoms with Gasteiger partial charge in [0.15, 0.2) is 5.11 Å².